The largest absolute Gasteiger partial charge is 0.364 e. The van der Waals surface area contributed by atoms with Gasteiger partial charge in [0.2, 0.25) is 0 Å². The van der Waals surface area contributed by atoms with Crippen LogP contribution in [-0.2, 0) is 0 Å². The van der Waals surface area contributed by atoms with Gasteiger partial charge in [-0.05, 0) is 73.3 Å². The van der Waals surface area contributed by atoms with Crippen molar-refractivity contribution in [2.75, 3.05) is 11.9 Å². The van der Waals surface area contributed by atoms with E-state index < -0.39 is 0 Å². The van der Waals surface area contributed by atoms with Crippen LogP contribution in [0.15, 0.2) is 16.6 Å². The Kier molecular flexibility index (Phi) is 3.80. The Bertz CT molecular complexity index is 477. The van der Waals surface area contributed by atoms with Gasteiger partial charge in [0.1, 0.15) is 0 Å². The van der Waals surface area contributed by atoms with Crippen molar-refractivity contribution in [2.24, 2.45) is 0 Å². The minimum Gasteiger partial charge on any atom is -0.364 e. The monoisotopic (exact) mass is 342 g/mol. The maximum absolute atomic E-state index is 6.32. The molecule has 104 valence electrons. The summed E-state index contributed by atoms with van der Waals surface area (Å²) in [6.07, 6.45) is 5.09. The highest BCUT2D eigenvalue weighted by Gasteiger charge is 2.40. The van der Waals surface area contributed by atoms with Crippen molar-refractivity contribution in [1.82, 2.24) is 5.32 Å². The SMILES string of the molecule is CNC1CC2CCC(C1)N2c1cc(Cl)c(C)cc1Br. The lowest BCUT2D eigenvalue weighted by Gasteiger charge is -2.41. The first-order chi connectivity index (χ1) is 9.10. The van der Waals surface area contributed by atoms with Crippen LogP contribution in [0.25, 0.3) is 0 Å². The zero-order chi connectivity index (χ0) is 13.6. The summed E-state index contributed by atoms with van der Waals surface area (Å²) in [7, 11) is 2.08. The van der Waals surface area contributed by atoms with Crippen LogP contribution in [0.1, 0.15) is 31.2 Å². The first-order valence-electron chi connectivity index (χ1n) is 7.01. The maximum Gasteiger partial charge on any atom is 0.0530 e. The Hall–Kier alpha value is -0.250. The zero-order valence-electron chi connectivity index (χ0n) is 11.4. The molecule has 2 aliphatic heterocycles. The van der Waals surface area contributed by atoms with Crippen molar-refractivity contribution in [3.05, 3.63) is 27.2 Å². The van der Waals surface area contributed by atoms with Crippen LogP contribution in [-0.4, -0.2) is 25.2 Å². The van der Waals surface area contributed by atoms with Crippen LogP contribution in [0.3, 0.4) is 0 Å². The number of nitrogens with zero attached hydrogens (tertiary/aromatic N) is 1. The summed E-state index contributed by atoms with van der Waals surface area (Å²) in [6.45, 7) is 2.05. The number of rotatable bonds is 2. The topological polar surface area (TPSA) is 15.3 Å². The van der Waals surface area contributed by atoms with E-state index in [9.17, 15) is 0 Å². The van der Waals surface area contributed by atoms with Crippen molar-refractivity contribution in [3.63, 3.8) is 0 Å². The molecule has 0 radical (unpaired) electrons. The van der Waals surface area contributed by atoms with Gasteiger partial charge in [0.15, 0.2) is 0 Å². The molecule has 1 aromatic rings. The average molecular weight is 344 g/mol. The van der Waals surface area contributed by atoms with E-state index in [0.717, 1.165) is 10.6 Å². The van der Waals surface area contributed by atoms with E-state index in [1.807, 2.05) is 0 Å². The molecule has 2 nitrogen and oxygen atoms in total. The van der Waals surface area contributed by atoms with Crippen molar-refractivity contribution >= 4 is 33.2 Å². The van der Waals surface area contributed by atoms with Crippen LogP contribution in [0.5, 0.6) is 0 Å². The molecule has 2 fully saturated rings. The normalized spacial score (nSPS) is 29.9. The molecule has 0 spiro atoms. The van der Waals surface area contributed by atoms with Gasteiger partial charge in [-0.3, -0.25) is 0 Å². The minimum absolute atomic E-state index is 0.659. The Labute approximate surface area is 128 Å². The van der Waals surface area contributed by atoms with Gasteiger partial charge in [-0.1, -0.05) is 11.6 Å². The van der Waals surface area contributed by atoms with E-state index >= 15 is 0 Å². The molecule has 0 aliphatic carbocycles. The molecule has 2 aliphatic rings. The van der Waals surface area contributed by atoms with Crippen LogP contribution in [0.2, 0.25) is 5.02 Å². The fraction of sp³-hybridized carbons (Fsp3) is 0.600. The van der Waals surface area contributed by atoms with E-state index in [1.54, 1.807) is 0 Å². The zero-order valence-corrected chi connectivity index (χ0v) is 13.8. The number of fused-ring (bicyclic) bond motifs is 2. The fourth-order valence-electron chi connectivity index (χ4n) is 3.64. The summed E-state index contributed by atoms with van der Waals surface area (Å²) in [5.74, 6) is 0. The van der Waals surface area contributed by atoms with Crippen LogP contribution >= 0.6 is 27.5 Å². The molecule has 2 saturated heterocycles. The lowest BCUT2D eigenvalue weighted by Crippen LogP contribution is -2.48. The molecule has 2 unspecified atom stereocenters. The molecule has 4 heteroatoms. The lowest BCUT2D eigenvalue weighted by atomic mass is 9.96. The smallest absolute Gasteiger partial charge is 0.0530 e. The average Bonchev–Trinajstić information content (AvgIpc) is 2.64. The number of hydrogen-bond acceptors (Lipinski definition) is 2. The standard InChI is InChI=1S/C15H20BrClN2/c1-9-5-13(16)15(8-14(9)17)19-11-3-4-12(19)7-10(6-11)18-2/h5,8,10-12,18H,3-4,6-7H2,1-2H3. The maximum atomic E-state index is 6.32. The molecule has 0 aromatic heterocycles. The number of anilines is 1. The van der Waals surface area contributed by atoms with Gasteiger partial charge < -0.3 is 10.2 Å². The van der Waals surface area contributed by atoms with E-state index in [1.165, 1.54) is 35.8 Å². The molecule has 1 N–H and O–H groups in total. The summed E-state index contributed by atoms with van der Waals surface area (Å²) < 4.78 is 1.18. The van der Waals surface area contributed by atoms with Gasteiger partial charge in [-0.2, -0.15) is 0 Å². The van der Waals surface area contributed by atoms with Gasteiger partial charge in [-0.15, -0.1) is 0 Å². The molecule has 0 amide bonds. The van der Waals surface area contributed by atoms with Gasteiger partial charge in [0.25, 0.3) is 0 Å². The predicted octanol–water partition coefficient (Wildman–Crippen LogP) is 4.13. The molecule has 2 atom stereocenters. The number of benzene rings is 1. The summed E-state index contributed by atoms with van der Waals surface area (Å²) in [4.78, 5) is 2.60. The first kappa shape index (κ1) is 13.7. The summed E-state index contributed by atoms with van der Waals surface area (Å²) in [5, 5.41) is 4.32. The molecular formula is C15H20BrClN2. The molecule has 19 heavy (non-hydrogen) atoms. The molecule has 2 heterocycles. The Balaban J connectivity index is 1.93. The third kappa shape index (κ3) is 2.41. The quantitative estimate of drug-likeness (QED) is 0.868. The Morgan fingerprint density at radius 3 is 2.47 bits per heavy atom. The molecule has 1 aromatic carbocycles. The number of aryl methyl sites for hydroxylation is 1. The summed E-state index contributed by atoms with van der Waals surface area (Å²) in [6, 6.07) is 6.26. The van der Waals surface area contributed by atoms with Crippen molar-refractivity contribution in [1.29, 1.82) is 0 Å². The lowest BCUT2D eigenvalue weighted by molar-refractivity contribution is 0.373. The van der Waals surface area contributed by atoms with Crippen LogP contribution in [0, 0.1) is 6.92 Å². The molecule has 2 bridgehead atoms. The third-order valence-corrected chi connectivity index (χ3v) is 5.69. The second-order valence-electron chi connectivity index (χ2n) is 5.80. The number of nitrogens with one attached hydrogen (secondary N) is 1. The number of piperidine rings is 1. The Morgan fingerprint density at radius 1 is 1.26 bits per heavy atom. The van der Waals surface area contributed by atoms with E-state index in [2.05, 4.69) is 52.3 Å². The summed E-state index contributed by atoms with van der Waals surface area (Å²) >= 11 is 10.0. The Morgan fingerprint density at radius 2 is 1.89 bits per heavy atom. The van der Waals surface area contributed by atoms with Gasteiger partial charge in [0.05, 0.1) is 5.69 Å². The van der Waals surface area contributed by atoms with Crippen molar-refractivity contribution in [3.8, 4) is 0 Å². The van der Waals surface area contributed by atoms with E-state index in [0.29, 0.717) is 18.1 Å². The molecule has 3 rings (SSSR count). The van der Waals surface area contributed by atoms with Crippen LogP contribution in [0.4, 0.5) is 5.69 Å². The second-order valence-corrected chi connectivity index (χ2v) is 7.06. The highest BCUT2D eigenvalue weighted by Crippen LogP contribution is 2.43. The van der Waals surface area contributed by atoms with Gasteiger partial charge in [-0.25, -0.2) is 0 Å². The predicted molar refractivity (Wildman–Crippen MR) is 85.3 cm³/mol. The highest BCUT2D eigenvalue weighted by molar-refractivity contribution is 9.10. The summed E-state index contributed by atoms with van der Waals surface area (Å²) in [5.41, 5.74) is 2.41. The van der Waals surface area contributed by atoms with Crippen LogP contribution < -0.4 is 10.2 Å². The van der Waals surface area contributed by atoms with Crippen molar-refractivity contribution < 1.29 is 0 Å². The number of halogens is 2. The number of hydrogen-bond donors (Lipinski definition) is 1. The van der Waals surface area contributed by atoms with E-state index in [4.69, 9.17) is 11.6 Å². The fourth-order valence-corrected chi connectivity index (χ4v) is 4.46. The molecular weight excluding hydrogens is 324 g/mol. The van der Waals surface area contributed by atoms with E-state index in [-0.39, 0.29) is 0 Å². The first-order valence-corrected chi connectivity index (χ1v) is 8.18. The second kappa shape index (κ2) is 5.27. The van der Waals surface area contributed by atoms with Crippen molar-refractivity contribution in [2.45, 2.75) is 50.7 Å². The van der Waals surface area contributed by atoms with Gasteiger partial charge in [0, 0.05) is 27.6 Å². The highest BCUT2D eigenvalue weighted by atomic mass is 79.9. The van der Waals surface area contributed by atoms with Gasteiger partial charge >= 0.3 is 0 Å². The minimum atomic E-state index is 0.659. The third-order valence-electron chi connectivity index (χ3n) is 4.65. The molecule has 0 saturated carbocycles.